The van der Waals surface area contributed by atoms with Gasteiger partial charge in [-0.2, -0.15) is 0 Å². The van der Waals surface area contributed by atoms with E-state index in [1.54, 1.807) is 6.07 Å². The van der Waals surface area contributed by atoms with Gasteiger partial charge in [0, 0.05) is 0 Å². The maximum absolute atomic E-state index is 11.2. The molecule has 0 aliphatic carbocycles. The molecule has 0 bridgehead atoms. The van der Waals surface area contributed by atoms with Crippen LogP contribution in [0.3, 0.4) is 0 Å². The third-order valence-electron chi connectivity index (χ3n) is 3.37. The summed E-state index contributed by atoms with van der Waals surface area (Å²) in [6.07, 6.45) is 0. The van der Waals surface area contributed by atoms with Crippen molar-refractivity contribution in [1.82, 2.24) is 0 Å². The van der Waals surface area contributed by atoms with Gasteiger partial charge in [0.15, 0.2) is 0 Å². The number of fused-ring (bicyclic) bond motifs is 1. The van der Waals surface area contributed by atoms with Gasteiger partial charge in [-0.15, -0.1) is 0 Å². The fourth-order valence-electron chi connectivity index (χ4n) is 2.32. The van der Waals surface area contributed by atoms with E-state index in [9.17, 15) is 9.67 Å². The summed E-state index contributed by atoms with van der Waals surface area (Å²) in [6.45, 7) is 0. The highest BCUT2D eigenvalue weighted by molar-refractivity contribution is 7.60. The minimum Gasteiger partial charge on any atom is -0.507 e. The zero-order chi connectivity index (χ0) is 15.0. The Labute approximate surface area is 121 Å². The van der Waals surface area contributed by atoms with Crippen LogP contribution in [0.15, 0.2) is 60.7 Å². The first kappa shape index (κ1) is 13.8. The third-order valence-corrected chi connectivity index (χ3v) is 4.38. The Balaban J connectivity index is 2.10. The molecule has 0 fully saturated rings. The molecule has 5 heteroatoms. The number of benzene rings is 3. The van der Waals surface area contributed by atoms with Gasteiger partial charge in [0.1, 0.15) is 11.1 Å². The minimum absolute atomic E-state index is 0.355. The molecule has 0 radical (unpaired) electrons. The molecule has 21 heavy (non-hydrogen) atoms. The second-order valence-corrected chi connectivity index (χ2v) is 6.38. The van der Waals surface area contributed by atoms with Gasteiger partial charge in [-0.05, 0) is 40.1 Å². The van der Waals surface area contributed by atoms with Gasteiger partial charge in [0.2, 0.25) is 0 Å². The van der Waals surface area contributed by atoms with Crippen molar-refractivity contribution in [2.75, 3.05) is 0 Å². The van der Waals surface area contributed by atoms with E-state index in [2.05, 4.69) is 0 Å². The Morgan fingerprint density at radius 2 is 1.38 bits per heavy atom. The van der Waals surface area contributed by atoms with Crippen LogP contribution in [0, 0.1) is 0 Å². The van der Waals surface area contributed by atoms with Gasteiger partial charge < -0.3 is 14.9 Å². The first-order chi connectivity index (χ1) is 9.95. The fraction of sp³-hybridized carbons (Fsp3) is 0. The van der Waals surface area contributed by atoms with Gasteiger partial charge in [-0.3, -0.25) is 4.57 Å². The van der Waals surface area contributed by atoms with Crippen LogP contribution in [0.5, 0.6) is 5.75 Å². The van der Waals surface area contributed by atoms with Crippen molar-refractivity contribution in [3.8, 4) is 16.9 Å². The predicted octanol–water partition coefficient (Wildman–Crippen LogP) is 3.02. The lowest BCUT2D eigenvalue weighted by atomic mass is 10.0. The highest BCUT2D eigenvalue weighted by Gasteiger charge is 2.21. The first-order valence-electron chi connectivity index (χ1n) is 6.33. The van der Waals surface area contributed by atoms with Gasteiger partial charge >= 0.3 is 7.60 Å². The van der Waals surface area contributed by atoms with Crippen molar-refractivity contribution in [2.45, 2.75) is 0 Å². The van der Waals surface area contributed by atoms with E-state index in [0.717, 1.165) is 16.3 Å². The lowest BCUT2D eigenvalue weighted by Crippen LogP contribution is -2.04. The molecule has 3 N–H and O–H groups in total. The highest BCUT2D eigenvalue weighted by atomic mass is 31.2. The Morgan fingerprint density at radius 1 is 0.762 bits per heavy atom. The lowest BCUT2D eigenvalue weighted by molar-refractivity contribution is 0.384. The molecular formula is C16H13O4P. The standard InChI is InChI=1S/C16H13O4P/c17-15-10-14(7-8-16(15)21(18,19)20)13-6-5-11-3-1-2-4-12(11)9-13/h1-10,17H,(H2,18,19,20). The summed E-state index contributed by atoms with van der Waals surface area (Å²) in [5.41, 5.74) is 1.58. The zero-order valence-corrected chi connectivity index (χ0v) is 11.9. The number of phenolic OH excluding ortho intramolecular Hbond substituents is 1. The van der Waals surface area contributed by atoms with Crippen LogP contribution >= 0.6 is 7.60 Å². The molecule has 0 saturated carbocycles. The van der Waals surface area contributed by atoms with Gasteiger partial charge in [0.25, 0.3) is 0 Å². The van der Waals surface area contributed by atoms with Crippen LogP contribution in [0.1, 0.15) is 0 Å². The molecule has 3 aromatic carbocycles. The van der Waals surface area contributed by atoms with Crippen molar-refractivity contribution in [3.05, 3.63) is 60.7 Å². The molecule has 0 atom stereocenters. The summed E-state index contributed by atoms with van der Waals surface area (Å²) in [6, 6.07) is 18.0. The molecule has 106 valence electrons. The van der Waals surface area contributed by atoms with Gasteiger partial charge in [0.05, 0.1) is 0 Å². The monoisotopic (exact) mass is 300 g/mol. The summed E-state index contributed by atoms with van der Waals surface area (Å²) in [5, 5.41) is 11.6. The smallest absolute Gasteiger partial charge is 0.359 e. The predicted molar refractivity (Wildman–Crippen MR) is 82.7 cm³/mol. The van der Waals surface area contributed by atoms with Crippen molar-refractivity contribution in [2.24, 2.45) is 0 Å². The second kappa shape index (κ2) is 5.01. The van der Waals surface area contributed by atoms with Crippen LogP contribution in [-0.2, 0) is 4.57 Å². The summed E-state index contributed by atoms with van der Waals surface area (Å²) in [7, 11) is -4.46. The van der Waals surface area contributed by atoms with Crippen LogP contribution in [0.25, 0.3) is 21.9 Å². The van der Waals surface area contributed by atoms with E-state index in [1.807, 2.05) is 42.5 Å². The van der Waals surface area contributed by atoms with E-state index in [1.165, 1.54) is 12.1 Å². The Bertz CT molecular complexity index is 867. The van der Waals surface area contributed by atoms with Gasteiger partial charge in [-0.25, -0.2) is 0 Å². The van der Waals surface area contributed by atoms with Crippen molar-refractivity contribution in [3.63, 3.8) is 0 Å². The van der Waals surface area contributed by atoms with E-state index in [-0.39, 0.29) is 5.30 Å². The summed E-state index contributed by atoms with van der Waals surface area (Å²) in [4.78, 5) is 18.2. The van der Waals surface area contributed by atoms with E-state index < -0.39 is 13.3 Å². The molecule has 0 heterocycles. The largest absolute Gasteiger partial charge is 0.507 e. The van der Waals surface area contributed by atoms with E-state index in [4.69, 9.17) is 9.79 Å². The molecule has 3 rings (SSSR count). The maximum atomic E-state index is 11.2. The molecule has 4 nitrogen and oxygen atoms in total. The molecule has 0 unspecified atom stereocenters. The third kappa shape index (κ3) is 2.69. The molecular weight excluding hydrogens is 287 g/mol. The summed E-state index contributed by atoms with van der Waals surface area (Å²) >= 11 is 0. The average Bonchev–Trinajstić information content (AvgIpc) is 2.45. The van der Waals surface area contributed by atoms with Crippen molar-refractivity contribution < 1.29 is 19.5 Å². The maximum Gasteiger partial charge on any atom is 0.359 e. The molecule has 0 aromatic heterocycles. The Kier molecular flexibility index (Phi) is 3.30. The number of phenols is 1. The number of aromatic hydroxyl groups is 1. The minimum atomic E-state index is -4.46. The molecule has 0 amide bonds. The van der Waals surface area contributed by atoms with E-state index >= 15 is 0 Å². The number of hydrogen-bond acceptors (Lipinski definition) is 2. The fourth-order valence-corrected chi connectivity index (χ4v) is 2.95. The molecule has 0 aliphatic rings. The van der Waals surface area contributed by atoms with Crippen LogP contribution in [0.4, 0.5) is 0 Å². The SMILES string of the molecule is O=P(O)(O)c1ccc(-c2ccc3ccccc3c2)cc1O. The first-order valence-corrected chi connectivity index (χ1v) is 7.95. The lowest BCUT2D eigenvalue weighted by Gasteiger charge is -2.09. The number of rotatable bonds is 2. The highest BCUT2D eigenvalue weighted by Crippen LogP contribution is 2.38. The van der Waals surface area contributed by atoms with Crippen molar-refractivity contribution >= 4 is 23.7 Å². The Morgan fingerprint density at radius 3 is 2.05 bits per heavy atom. The van der Waals surface area contributed by atoms with Crippen molar-refractivity contribution in [1.29, 1.82) is 0 Å². The molecule has 0 aliphatic heterocycles. The normalized spacial score (nSPS) is 11.7. The average molecular weight is 300 g/mol. The Hall–Kier alpha value is -2.13. The summed E-state index contributed by atoms with van der Waals surface area (Å²) < 4.78 is 11.2. The van der Waals surface area contributed by atoms with Crippen LogP contribution in [0.2, 0.25) is 0 Å². The number of hydrogen-bond donors (Lipinski definition) is 3. The second-order valence-electron chi connectivity index (χ2n) is 4.81. The summed E-state index contributed by atoms with van der Waals surface area (Å²) in [5.74, 6) is -0.394. The molecule has 3 aromatic rings. The molecule has 0 spiro atoms. The van der Waals surface area contributed by atoms with Crippen LogP contribution in [-0.4, -0.2) is 14.9 Å². The quantitative estimate of drug-likeness (QED) is 0.636. The van der Waals surface area contributed by atoms with Crippen LogP contribution < -0.4 is 5.30 Å². The zero-order valence-electron chi connectivity index (χ0n) is 11.0. The molecule has 0 saturated heterocycles. The van der Waals surface area contributed by atoms with E-state index in [0.29, 0.717) is 5.56 Å². The van der Waals surface area contributed by atoms with Gasteiger partial charge in [-0.1, -0.05) is 42.5 Å². The topological polar surface area (TPSA) is 77.8 Å².